The van der Waals surface area contributed by atoms with E-state index < -0.39 is 0 Å². The zero-order valence-corrected chi connectivity index (χ0v) is 13.7. The lowest BCUT2D eigenvalue weighted by atomic mass is 9.96. The number of ether oxygens (including phenoxy) is 2. The van der Waals surface area contributed by atoms with Crippen LogP contribution in [0.3, 0.4) is 0 Å². The average Bonchev–Trinajstić information content (AvgIpc) is 2.53. The van der Waals surface area contributed by atoms with E-state index in [1.807, 2.05) is 0 Å². The fourth-order valence-electron chi connectivity index (χ4n) is 3.18. The zero-order chi connectivity index (χ0) is 15.2. The largest absolute Gasteiger partial charge is 0.496 e. The van der Waals surface area contributed by atoms with E-state index in [-0.39, 0.29) is 0 Å². The molecule has 0 saturated carbocycles. The number of nitrogens with zero attached hydrogens (tertiary/aromatic N) is 1. The Morgan fingerprint density at radius 1 is 1.14 bits per heavy atom. The number of nitrogens with one attached hydrogen (secondary N) is 1. The van der Waals surface area contributed by atoms with Crippen molar-refractivity contribution in [3.8, 4) is 11.5 Å². The van der Waals surface area contributed by atoms with Gasteiger partial charge in [0.15, 0.2) is 0 Å². The minimum absolute atomic E-state index is 0.364. The van der Waals surface area contributed by atoms with Gasteiger partial charge >= 0.3 is 0 Å². The van der Waals surface area contributed by atoms with E-state index in [1.165, 1.54) is 11.1 Å². The van der Waals surface area contributed by atoms with Gasteiger partial charge in [-0.1, -0.05) is 13.3 Å². The molecule has 1 aromatic carbocycles. The zero-order valence-electron chi connectivity index (χ0n) is 13.7. The molecule has 0 unspecified atom stereocenters. The molecule has 1 aromatic rings. The van der Waals surface area contributed by atoms with Crippen molar-refractivity contribution in [2.24, 2.45) is 0 Å². The summed E-state index contributed by atoms with van der Waals surface area (Å²) in [5.74, 6) is 1.90. The average molecular weight is 292 g/mol. The van der Waals surface area contributed by atoms with Gasteiger partial charge in [0.1, 0.15) is 11.5 Å². The van der Waals surface area contributed by atoms with Crippen molar-refractivity contribution < 1.29 is 9.47 Å². The van der Waals surface area contributed by atoms with Crippen LogP contribution in [0.25, 0.3) is 0 Å². The molecule has 0 aromatic heterocycles. The van der Waals surface area contributed by atoms with Crippen LogP contribution in [0.2, 0.25) is 0 Å². The SMILES string of the molecule is CCC[C@H](c1c(OC)cc(C)cc1OC)N1CCNCC1. The highest BCUT2D eigenvalue weighted by molar-refractivity contribution is 5.49. The lowest BCUT2D eigenvalue weighted by Gasteiger charge is -2.36. The van der Waals surface area contributed by atoms with Crippen molar-refractivity contribution >= 4 is 0 Å². The quantitative estimate of drug-likeness (QED) is 0.874. The van der Waals surface area contributed by atoms with Crippen molar-refractivity contribution in [2.75, 3.05) is 40.4 Å². The van der Waals surface area contributed by atoms with Crippen molar-refractivity contribution in [2.45, 2.75) is 32.7 Å². The standard InChI is InChI=1S/C17H28N2O2/c1-5-6-14(19-9-7-18-8-10-19)17-15(20-3)11-13(2)12-16(17)21-4/h11-12,14,18H,5-10H2,1-4H3/t14-/m1/s1. The first kappa shape index (κ1) is 16.1. The molecule has 4 heteroatoms. The molecule has 2 rings (SSSR count). The first-order valence-electron chi connectivity index (χ1n) is 7.88. The Morgan fingerprint density at radius 3 is 2.19 bits per heavy atom. The molecule has 0 bridgehead atoms. The second-order valence-corrected chi connectivity index (χ2v) is 5.67. The summed E-state index contributed by atoms with van der Waals surface area (Å²) in [4.78, 5) is 2.55. The number of hydrogen-bond acceptors (Lipinski definition) is 4. The molecule has 4 nitrogen and oxygen atoms in total. The minimum Gasteiger partial charge on any atom is -0.496 e. The molecule has 1 atom stereocenters. The number of hydrogen-bond donors (Lipinski definition) is 1. The molecule has 0 spiro atoms. The molecule has 118 valence electrons. The molecule has 0 amide bonds. The summed E-state index contributed by atoms with van der Waals surface area (Å²) in [5, 5.41) is 3.43. The van der Waals surface area contributed by atoms with Crippen LogP contribution < -0.4 is 14.8 Å². The van der Waals surface area contributed by atoms with Gasteiger partial charge in [-0.2, -0.15) is 0 Å². The van der Waals surface area contributed by atoms with Gasteiger partial charge in [0, 0.05) is 32.2 Å². The molecule has 1 aliphatic rings. The highest BCUT2D eigenvalue weighted by atomic mass is 16.5. The van der Waals surface area contributed by atoms with E-state index >= 15 is 0 Å². The normalized spacial score (nSPS) is 17.5. The van der Waals surface area contributed by atoms with Gasteiger partial charge in [0.2, 0.25) is 0 Å². The molecule has 1 heterocycles. The van der Waals surface area contributed by atoms with Gasteiger partial charge in [0.25, 0.3) is 0 Å². The van der Waals surface area contributed by atoms with Gasteiger partial charge in [-0.3, -0.25) is 4.90 Å². The third kappa shape index (κ3) is 3.69. The lowest BCUT2D eigenvalue weighted by Crippen LogP contribution is -2.45. The molecule has 1 N–H and O–H groups in total. The fraction of sp³-hybridized carbons (Fsp3) is 0.647. The third-order valence-corrected chi connectivity index (χ3v) is 4.18. The Labute approximate surface area is 128 Å². The maximum atomic E-state index is 5.66. The number of benzene rings is 1. The number of aryl methyl sites for hydroxylation is 1. The summed E-state index contributed by atoms with van der Waals surface area (Å²) in [7, 11) is 3.50. The van der Waals surface area contributed by atoms with Crippen LogP contribution in [0.15, 0.2) is 12.1 Å². The third-order valence-electron chi connectivity index (χ3n) is 4.18. The second kappa shape index (κ2) is 7.66. The van der Waals surface area contributed by atoms with E-state index in [0.717, 1.165) is 50.5 Å². The summed E-state index contributed by atoms with van der Waals surface area (Å²) in [6.45, 7) is 8.57. The minimum atomic E-state index is 0.364. The maximum Gasteiger partial charge on any atom is 0.127 e. The van der Waals surface area contributed by atoms with Gasteiger partial charge in [-0.05, 0) is 31.0 Å². The Balaban J connectivity index is 2.42. The lowest BCUT2D eigenvalue weighted by molar-refractivity contribution is 0.159. The van der Waals surface area contributed by atoms with Gasteiger partial charge in [0.05, 0.1) is 19.8 Å². The van der Waals surface area contributed by atoms with E-state index in [0.29, 0.717) is 6.04 Å². The van der Waals surface area contributed by atoms with Crippen LogP contribution in [0.4, 0.5) is 0 Å². The monoisotopic (exact) mass is 292 g/mol. The smallest absolute Gasteiger partial charge is 0.127 e. The summed E-state index contributed by atoms with van der Waals surface area (Å²) in [6.07, 6.45) is 2.27. The van der Waals surface area contributed by atoms with Crippen LogP contribution >= 0.6 is 0 Å². The second-order valence-electron chi connectivity index (χ2n) is 5.67. The first-order chi connectivity index (χ1) is 10.2. The molecule has 0 radical (unpaired) electrons. The molecule has 1 saturated heterocycles. The molecule has 21 heavy (non-hydrogen) atoms. The van der Waals surface area contributed by atoms with E-state index in [4.69, 9.17) is 9.47 Å². The molecular weight excluding hydrogens is 264 g/mol. The molecular formula is C17H28N2O2. The topological polar surface area (TPSA) is 33.7 Å². The van der Waals surface area contributed by atoms with Gasteiger partial charge in [-0.15, -0.1) is 0 Å². The van der Waals surface area contributed by atoms with Crippen LogP contribution in [0, 0.1) is 6.92 Å². The highest BCUT2D eigenvalue weighted by Gasteiger charge is 2.27. The van der Waals surface area contributed by atoms with Crippen molar-refractivity contribution in [3.05, 3.63) is 23.3 Å². The van der Waals surface area contributed by atoms with Gasteiger partial charge in [-0.25, -0.2) is 0 Å². The Hall–Kier alpha value is -1.26. The molecule has 1 fully saturated rings. The van der Waals surface area contributed by atoms with Crippen molar-refractivity contribution in [1.82, 2.24) is 10.2 Å². The predicted octanol–water partition coefficient (Wildman–Crippen LogP) is 2.76. The van der Waals surface area contributed by atoms with E-state index in [2.05, 4.69) is 36.2 Å². The summed E-state index contributed by atoms with van der Waals surface area (Å²) in [5.41, 5.74) is 2.37. The van der Waals surface area contributed by atoms with Crippen LogP contribution in [-0.4, -0.2) is 45.3 Å². The van der Waals surface area contributed by atoms with Crippen LogP contribution in [0.5, 0.6) is 11.5 Å². The molecule has 0 aliphatic carbocycles. The number of piperazine rings is 1. The first-order valence-corrected chi connectivity index (χ1v) is 7.88. The summed E-state index contributed by atoms with van der Waals surface area (Å²) in [6, 6.07) is 4.59. The summed E-state index contributed by atoms with van der Waals surface area (Å²) < 4.78 is 11.3. The van der Waals surface area contributed by atoms with Crippen LogP contribution in [-0.2, 0) is 0 Å². The van der Waals surface area contributed by atoms with Crippen molar-refractivity contribution in [1.29, 1.82) is 0 Å². The Bertz CT molecular complexity index is 431. The van der Waals surface area contributed by atoms with Crippen molar-refractivity contribution in [3.63, 3.8) is 0 Å². The highest BCUT2D eigenvalue weighted by Crippen LogP contribution is 2.40. The van der Waals surface area contributed by atoms with Crippen LogP contribution in [0.1, 0.15) is 36.9 Å². The fourth-order valence-corrected chi connectivity index (χ4v) is 3.18. The van der Waals surface area contributed by atoms with E-state index in [1.54, 1.807) is 14.2 Å². The number of rotatable bonds is 6. The van der Waals surface area contributed by atoms with Gasteiger partial charge < -0.3 is 14.8 Å². The Kier molecular flexibility index (Phi) is 5.88. The van der Waals surface area contributed by atoms with E-state index in [9.17, 15) is 0 Å². The summed E-state index contributed by atoms with van der Waals surface area (Å²) >= 11 is 0. The number of methoxy groups -OCH3 is 2. The Morgan fingerprint density at radius 2 is 1.71 bits per heavy atom. The molecule has 1 aliphatic heterocycles. The predicted molar refractivity (Wildman–Crippen MR) is 86.4 cm³/mol. The maximum absolute atomic E-state index is 5.66.